The molecule has 1 fully saturated rings. The van der Waals surface area contributed by atoms with Crippen molar-refractivity contribution in [1.29, 1.82) is 0 Å². The summed E-state index contributed by atoms with van der Waals surface area (Å²) in [6, 6.07) is 10.3. The van der Waals surface area contributed by atoms with E-state index in [1.807, 2.05) is 31.3 Å². The van der Waals surface area contributed by atoms with E-state index in [2.05, 4.69) is 17.1 Å². The maximum absolute atomic E-state index is 12.5. The van der Waals surface area contributed by atoms with Crippen LogP contribution in [0.2, 0.25) is 0 Å². The summed E-state index contributed by atoms with van der Waals surface area (Å²) in [7, 11) is 0. The molecule has 0 atom stereocenters. The van der Waals surface area contributed by atoms with E-state index in [1.54, 1.807) is 11.3 Å². The Morgan fingerprint density at radius 2 is 1.96 bits per heavy atom. The highest BCUT2D eigenvalue weighted by Crippen LogP contribution is 2.42. The van der Waals surface area contributed by atoms with Crippen molar-refractivity contribution in [2.24, 2.45) is 5.41 Å². The molecular formula is C21H27NO2S. The van der Waals surface area contributed by atoms with Crippen molar-refractivity contribution in [3.05, 3.63) is 41.4 Å². The number of esters is 1. The number of nitrogens with zero attached hydrogens (tertiary/aromatic N) is 1. The van der Waals surface area contributed by atoms with Gasteiger partial charge in [0.05, 0.1) is 12.0 Å². The molecule has 1 aromatic heterocycles. The van der Waals surface area contributed by atoms with Crippen molar-refractivity contribution in [2.75, 3.05) is 6.61 Å². The van der Waals surface area contributed by atoms with Crippen molar-refractivity contribution in [3.8, 4) is 10.6 Å². The van der Waals surface area contributed by atoms with Gasteiger partial charge in [-0.05, 0) is 39.0 Å². The summed E-state index contributed by atoms with van der Waals surface area (Å²) in [5, 5.41) is 1.08. The van der Waals surface area contributed by atoms with Crippen LogP contribution in [0.1, 0.15) is 56.7 Å². The summed E-state index contributed by atoms with van der Waals surface area (Å²) in [6.07, 6.45) is 10.5. The smallest absolute Gasteiger partial charge is 0.312 e. The van der Waals surface area contributed by atoms with Gasteiger partial charge in [-0.3, -0.25) is 4.79 Å². The van der Waals surface area contributed by atoms with Crippen LogP contribution in [-0.4, -0.2) is 17.6 Å². The Labute approximate surface area is 154 Å². The topological polar surface area (TPSA) is 39.2 Å². The van der Waals surface area contributed by atoms with E-state index in [-0.39, 0.29) is 11.4 Å². The van der Waals surface area contributed by atoms with Crippen LogP contribution in [0.15, 0.2) is 36.5 Å². The maximum Gasteiger partial charge on any atom is 0.312 e. The van der Waals surface area contributed by atoms with Crippen molar-refractivity contribution < 1.29 is 9.53 Å². The number of carbonyl (C=O) groups excluding carboxylic acids is 1. The van der Waals surface area contributed by atoms with Crippen LogP contribution in [0, 0.1) is 5.41 Å². The molecule has 3 nitrogen and oxygen atoms in total. The monoisotopic (exact) mass is 357 g/mol. The highest BCUT2D eigenvalue weighted by Gasteiger charge is 2.40. The number of hydrogen-bond donors (Lipinski definition) is 0. The SMILES string of the molecule is CCOC(=O)C1(CCCc2cnc(-c3ccccc3)s2)CCCCC1. The molecule has 0 bridgehead atoms. The lowest BCUT2D eigenvalue weighted by atomic mass is 9.71. The van der Waals surface area contributed by atoms with Crippen LogP contribution in [0.3, 0.4) is 0 Å². The molecule has 0 N–H and O–H groups in total. The molecule has 1 saturated carbocycles. The fourth-order valence-electron chi connectivity index (χ4n) is 3.81. The van der Waals surface area contributed by atoms with Crippen LogP contribution in [-0.2, 0) is 16.0 Å². The summed E-state index contributed by atoms with van der Waals surface area (Å²) in [4.78, 5) is 18.4. The lowest BCUT2D eigenvalue weighted by Crippen LogP contribution is -2.35. The van der Waals surface area contributed by atoms with Gasteiger partial charge < -0.3 is 4.74 Å². The Morgan fingerprint density at radius 1 is 1.20 bits per heavy atom. The minimum Gasteiger partial charge on any atom is -0.466 e. The quantitative estimate of drug-likeness (QED) is 0.601. The van der Waals surface area contributed by atoms with Crippen LogP contribution < -0.4 is 0 Å². The molecule has 1 heterocycles. The molecule has 3 rings (SSSR count). The van der Waals surface area contributed by atoms with Crippen molar-refractivity contribution in [3.63, 3.8) is 0 Å². The first-order valence-corrected chi connectivity index (χ1v) is 10.2. The van der Waals surface area contributed by atoms with Crippen molar-refractivity contribution in [2.45, 2.75) is 58.3 Å². The molecule has 1 aromatic carbocycles. The van der Waals surface area contributed by atoms with Crippen LogP contribution >= 0.6 is 11.3 Å². The molecule has 0 aliphatic heterocycles. The zero-order valence-electron chi connectivity index (χ0n) is 15.0. The third kappa shape index (κ3) is 4.49. The number of carbonyl (C=O) groups is 1. The minimum atomic E-state index is -0.235. The number of aryl methyl sites for hydroxylation is 1. The number of aromatic nitrogens is 1. The zero-order chi connectivity index (χ0) is 17.5. The summed E-state index contributed by atoms with van der Waals surface area (Å²) >= 11 is 1.76. The average molecular weight is 358 g/mol. The summed E-state index contributed by atoms with van der Waals surface area (Å²) in [6.45, 7) is 2.38. The summed E-state index contributed by atoms with van der Waals surface area (Å²) < 4.78 is 5.40. The number of ether oxygens (including phenoxy) is 1. The Hall–Kier alpha value is -1.68. The lowest BCUT2D eigenvalue weighted by Gasteiger charge is -2.34. The Kier molecular flexibility index (Phi) is 6.24. The third-order valence-electron chi connectivity index (χ3n) is 5.17. The van der Waals surface area contributed by atoms with E-state index in [4.69, 9.17) is 4.74 Å². The molecule has 1 aliphatic rings. The van der Waals surface area contributed by atoms with Gasteiger partial charge in [-0.2, -0.15) is 0 Å². The second kappa shape index (κ2) is 8.61. The Bertz CT molecular complexity index is 674. The largest absolute Gasteiger partial charge is 0.466 e. The van der Waals surface area contributed by atoms with Gasteiger partial charge in [0.2, 0.25) is 0 Å². The molecule has 0 saturated heterocycles. The van der Waals surface area contributed by atoms with Gasteiger partial charge in [0.25, 0.3) is 0 Å². The van der Waals surface area contributed by atoms with Gasteiger partial charge in [-0.1, -0.05) is 49.6 Å². The minimum absolute atomic E-state index is 0.0315. The number of thiazole rings is 1. The predicted molar refractivity (Wildman–Crippen MR) is 103 cm³/mol. The molecule has 0 amide bonds. The number of benzene rings is 1. The van der Waals surface area contributed by atoms with Crippen molar-refractivity contribution >= 4 is 17.3 Å². The third-order valence-corrected chi connectivity index (χ3v) is 6.28. The second-order valence-electron chi connectivity index (χ2n) is 6.91. The van der Waals surface area contributed by atoms with Crippen LogP contribution in [0.4, 0.5) is 0 Å². The van der Waals surface area contributed by atoms with E-state index in [9.17, 15) is 4.79 Å². The molecule has 0 radical (unpaired) electrons. The van der Waals surface area contributed by atoms with Crippen molar-refractivity contribution in [1.82, 2.24) is 4.98 Å². The first-order chi connectivity index (χ1) is 12.2. The van der Waals surface area contributed by atoms with Gasteiger partial charge in [-0.25, -0.2) is 4.98 Å². The molecule has 134 valence electrons. The zero-order valence-corrected chi connectivity index (χ0v) is 15.8. The molecule has 1 aliphatic carbocycles. The lowest BCUT2D eigenvalue weighted by molar-refractivity contribution is -0.158. The first kappa shape index (κ1) is 18.1. The fourth-order valence-corrected chi connectivity index (χ4v) is 4.77. The van der Waals surface area contributed by atoms with Crippen LogP contribution in [0.25, 0.3) is 10.6 Å². The normalized spacial score (nSPS) is 16.5. The first-order valence-electron chi connectivity index (χ1n) is 9.41. The maximum atomic E-state index is 12.5. The van der Waals surface area contributed by atoms with E-state index in [0.717, 1.165) is 50.0 Å². The number of rotatable bonds is 7. The molecular weight excluding hydrogens is 330 g/mol. The van der Waals surface area contributed by atoms with E-state index >= 15 is 0 Å². The van der Waals surface area contributed by atoms with E-state index < -0.39 is 0 Å². The predicted octanol–water partition coefficient (Wildman–Crippen LogP) is 5.65. The standard InChI is InChI=1S/C21H27NO2S/c1-2-24-20(23)21(13-7-4-8-14-21)15-9-12-18-16-22-19(25-18)17-10-5-3-6-11-17/h3,5-6,10-11,16H,2,4,7-9,12-15H2,1H3. The van der Waals surface area contributed by atoms with Gasteiger partial charge in [0, 0.05) is 16.6 Å². The summed E-state index contributed by atoms with van der Waals surface area (Å²) in [5.41, 5.74) is 0.940. The highest BCUT2D eigenvalue weighted by molar-refractivity contribution is 7.15. The van der Waals surface area contributed by atoms with Crippen LogP contribution in [0.5, 0.6) is 0 Å². The van der Waals surface area contributed by atoms with Gasteiger partial charge in [-0.15, -0.1) is 11.3 Å². The molecule has 25 heavy (non-hydrogen) atoms. The average Bonchev–Trinajstić information content (AvgIpc) is 3.12. The van der Waals surface area contributed by atoms with E-state index in [1.165, 1.54) is 16.9 Å². The highest BCUT2D eigenvalue weighted by atomic mass is 32.1. The molecule has 0 unspecified atom stereocenters. The van der Waals surface area contributed by atoms with Gasteiger partial charge >= 0.3 is 5.97 Å². The Balaban J connectivity index is 1.59. The Morgan fingerprint density at radius 3 is 2.68 bits per heavy atom. The molecule has 4 heteroatoms. The second-order valence-corrected chi connectivity index (χ2v) is 8.03. The summed E-state index contributed by atoms with van der Waals surface area (Å²) in [5.74, 6) is 0.0315. The van der Waals surface area contributed by atoms with Gasteiger partial charge in [0.15, 0.2) is 0 Å². The van der Waals surface area contributed by atoms with Gasteiger partial charge in [0.1, 0.15) is 5.01 Å². The fraction of sp³-hybridized carbons (Fsp3) is 0.524. The molecule has 0 spiro atoms. The van der Waals surface area contributed by atoms with E-state index in [0.29, 0.717) is 6.61 Å². The molecule has 2 aromatic rings. The number of hydrogen-bond acceptors (Lipinski definition) is 4.